The van der Waals surface area contributed by atoms with Crippen LogP contribution in [0, 0.1) is 12.8 Å². The lowest BCUT2D eigenvalue weighted by atomic mass is 10.1. The Morgan fingerprint density at radius 1 is 1.75 bits per heavy atom. The highest BCUT2D eigenvalue weighted by Gasteiger charge is 2.16. The minimum atomic E-state index is 0.620. The third-order valence-corrected chi connectivity index (χ3v) is 2.80. The molecule has 0 amide bonds. The van der Waals surface area contributed by atoms with Gasteiger partial charge in [-0.25, -0.2) is 4.98 Å². The van der Waals surface area contributed by atoms with E-state index in [1.165, 1.54) is 0 Å². The maximum Gasteiger partial charge on any atom is 0.203 e. The third kappa shape index (κ3) is 2.64. The maximum absolute atomic E-state index is 5.35. The molecule has 2 heterocycles. The smallest absolute Gasteiger partial charge is 0.203 e. The molecule has 4 nitrogen and oxygen atoms in total. The number of hydrogen-bond donors (Lipinski definition) is 1. The average Bonchev–Trinajstić information content (AvgIpc) is 2.86. The second kappa shape index (κ2) is 5.16. The van der Waals surface area contributed by atoms with Crippen molar-refractivity contribution in [1.82, 2.24) is 9.55 Å². The number of allylic oxidation sites excluding steroid dienone is 1. The molecule has 1 fully saturated rings. The molecular weight excluding hydrogens is 202 g/mol. The third-order valence-electron chi connectivity index (χ3n) is 2.80. The number of nitrogens with one attached hydrogen (secondary N) is 1. The first kappa shape index (κ1) is 11.2. The van der Waals surface area contributed by atoms with Gasteiger partial charge in [-0.05, 0) is 13.3 Å². The quantitative estimate of drug-likeness (QED) is 0.771. The molecule has 0 spiro atoms. The van der Waals surface area contributed by atoms with Gasteiger partial charge in [0.05, 0.1) is 12.3 Å². The second-order valence-corrected chi connectivity index (χ2v) is 4.26. The predicted molar refractivity (Wildman–Crippen MR) is 64.6 cm³/mol. The SMILES string of the molecule is C=CCn1cc(C)nc1NCC1CCOC1. The van der Waals surface area contributed by atoms with Crippen LogP contribution < -0.4 is 5.32 Å². The van der Waals surface area contributed by atoms with E-state index in [0.29, 0.717) is 5.92 Å². The summed E-state index contributed by atoms with van der Waals surface area (Å²) >= 11 is 0. The summed E-state index contributed by atoms with van der Waals surface area (Å²) in [6, 6.07) is 0. The molecule has 1 aliphatic heterocycles. The number of rotatable bonds is 5. The van der Waals surface area contributed by atoms with E-state index in [2.05, 4.69) is 21.4 Å². The van der Waals surface area contributed by atoms with Crippen LogP contribution >= 0.6 is 0 Å². The minimum Gasteiger partial charge on any atom is -0.381 e. The molecule has 1 saturated heterocycles. The van der Waals surface area contributed by atoms with Crippen molar-refractivity contribution in [1.29, 1.82) is 0 Å². The number of nitrogens with zero attached hydrogens (tertiary/aromatic N) is 2. The van der Waals surface area contributed by atoms with E-state index in [1.807, 2.05) is 19.2 Å². The van der Waals surface area contributed by atoms with Gasteiger partial charge in [0.15, 0.2) is 0 Å². The first-order chi connectivity index (χ1) is 7.79. The highest BCUT2D eigenvalue weighted by Crippen LogP contribution is 2.14. The van der Waals surface area contributed by atoms with Crippen molar-refractivity contribution in [3.8, 4) is 0 Å². The number of anilines is 1. The Morgan fingerprint density at radius 2 is 2.62 bits per heavy atom. The second-order valence-electron chi connectivity index (χ2n) is 4.26. The van der Waals surface area contributed by atoms with Crippen molar-refractivity contribution in [2.24, 2.45) is 5.92 Å². The molecule has 1 atom stereocenters. The number of ether oxygens (including phenoxy) is 1. The molecule has 1 aromatic heterocycles. The summed E-state index contributed by atoms with van der Waals surface area (Å²) in [6.45, 7) is 9.25. The van der Waals surface area contributed by atoms with Gasteiger partial charge < -0.3 is 14.6 Å². The molecule has 1 aromatic rings. The van der Waals surface area contributed by atoms with Crippen LogP contribution in [0.1, 0.15) is 12.1 Å². The molecule has 88 valence electrons. The van der Waals surface area contributed by atoms with Gasteiger partial charge in [-0.2, -0.15) is 0 Å². The summed E-state index contributed by atoms with van der Waals surface area (Å²) in [7, 11) is 0. The van der Waals surface area contributed by atoms with Crippen LogP contribution in [-0.2, 0) is 11.3 Å². The van der Waals surface area contributed by atoms with Crippen molar-refractivity contribution in [3.05, 3.63) is 24.5 Å². The predicted octanol–water partition coefficient (Wildman–Crippen LogP) is 1.83. The molecule has 16 heavy (non-hydrogen) atoms. The van der Waals surface area contributed by atoms with Crippen LogP contribution in [0.5, 0.6) is 0 Å². The summed E-state index contributed by atoms with van der Waals surface area (Å²) in [5.41, 5.74) is 1.03. The number of aryl methyl sites for hydroxylation is 1. The minimum absolute atomic E-state index is 0.620. The van der Waals surface area contributed by atoms with Crippen LogP contribution in [0.25, 0.3) is 0 Å². The van der Waals surface area contributed by atoms with E-state index in [4.69, 9.17) is 4.74 Å². The summed E-state index contributed by atoms with van der Waals surface area (Å²) in [6.07, 6.45) is 5.06. The van der Waals surface area contributed by atoms with Gasteiger partial charge in [0.2, 0.25) is 5.95 Å². The van der Waals surface area contributed by atoms with Gasteiger partial charge in [-0.1, -0.05) is 6.08 Å². The Morgan fingerprint density at radius 3 is 3.31 bits per heavy atom. The maximum atomic E-state index is 5.35. The zero-order chi connectivity index (χ0) is 11.4. The molecule has 4 heteroatoms. The summed E-state index contributed by atoms with van der Waals surface area (Å²) in [4.78, 5) is 4.45. The fourth-order valence-electron chi connectivity index (χ4n) is 1.95. The largest absolute Gasteiger partial charge is 0.381 e. The molecular formula is C12H19N3O. The monoisotopic (exact) mass is 221 g/mol. The van der Waals surface area contributed by atoms with Gasteiger partial charge in [0, 0.05) is 31.8 Å². The Hall–Kier alpha value is -1.29. The number of imidazole rings is 1. The standard InChI is InChI=1S/C12H19N3O/c1-3-5-15-8-10(2)14-12(15)13-7-11-4-6-16-9-11/h3,8,11H,1,4-7,9H2,2H3,(H,13,14). The highest BCUT2D eigenvalue weighted by molar-refractivity contribution is 5.29. The van der Waals surface area contributed by atoms with Gasteiger partial charge in [-0.3, -0.25) is 0 Å². The van der Waals surface area contributed by atoms with Crippen molar-refractivity contribution < 1.29 is 4.74 Å². The molecule has 0 saturated carbocycles. The molecule has 0 bridgehead atoms. The van der Waals surface area contributed by atoms with E-state index in [1.54, 1.807) is 0 Å². The summed E-state index contributed by atoms with van der Waals surface area (Å²) in [5, 5.41) is 3.38. The first-order valence-corrected chi connectivity index (χ1v) is 5.76. The highest BCUT2D eigenvalue weighted by atomic mass is 16.5. The van der Waals surface area contributed by atoms with Crippen molar-refractivity contribution in [2.75, 3.05) is 25.1 Å². The van der Waals surface area contributed by atoms with Crippen molar-refractivity contribution >= 4 is 5.95 Å². The van der Waals surface area contributed by atoms with Gasteiger partial charge in [0.1, 0.15) is 0 Å². The molecule has 1 aliphatic rings. The van der Waals surface area contributed by atoms with E-state index in [0.717, 1.165) is 44.4 Å². The Balaban J connectivity index is 1.93. The Labute approximate surface area is 96.3 Å². The zero-order valence-corrected chi connectivity index (χ0v) is 9.78. The van der Waals surface area contributed by atoms with E-state index in [-0.39, 0.29) is 0 Å². The van der Waals surface area contributed by atoms with Crippen molar-refractivity contribution in [2.45, 2.75) is 19.9 Å². The Kier molecular flexibility index (Phi) is 3.62. The molecule has 1 unspecified atom stereocenters. The van der Waals surface area contributed by atoms with Crippen molar-refractivity contribution in [3.63, 3.8) is 0 Å². The number of aromatic nitrogens is 2. The van der Waals surface area contributed by atoms with Gasteiger partial charge >= 0.3 is 0 Å². The molecule has 0 aliphatic carbocycles. The first-order valence-electron chi connectivity index (χ1n) is 5.76. The van der Waals surface area contributed by atoms with Crippen LogP contribution in [0.15, 0.2) is 18.9 Å². The topological polar surface area (TPSA) is 39.1 Å². The average molecular weight is 221 g/mol. The van der Waals surface area contributed by atoms with E-state index >= 15 is 0 Å². The fraction of sp³-hybridized carbons (Fsp3) is 0.583. The lowest BCUT2D eigenvalue weighted by Gasteiger charge is -2.11. The lowest BCUT2D eigenvalue weighted by Crippen LogP contribution is -2.16. The normalized spacial score (nSPS) is 19.9. The van der Waals surface area contributed by atoms with E-state index in [9.17, 15) is 0 Å². The molecule has 1 N–H and O–H groups in total. The van der Waals surface area contributed by atoms with Crippen LogP contribution in [0.2, 0.25) is 0 Å². The number of hydrogen-bond acceptors (Lipinski definition) is 3. The van der Waals surface area contributed by atoms with Crippen LogP contribution in [0.4, 0.5) is 5.95 Å². The fourth-order valence-corrected chi connectivity index (χ4v) is 1.95. The van der Waals surface area contributed by atoms with E-state index < -0.39 is 0 Å². The molecule has 2 rings (SSSR count). The lowest BCUT2D eigenvalue weighted by molar-refractivity contribution is 0.187. The van der Waals surface area contributed by atoms with Crippen LogP contribution in [-0.4, -0.2) is 29.3 Å². The Bertz CT molecular complexity index is 353. The van der Waals surface area contributed by atoms with Gasteiger partial charge in [-0.15, -0.1) is 6.58 Å². The molecule has 0 radical (unpaired) electrons. The summed E-state index contributed by atoms with van der Waals surface area (Å²) < 4.78 is 7.43. The summed E-state index contributed by atoms with van der Waals surface area (Å²) in [5.74, 6) is 1.55. The molecule has 0 aromatic carbocycles. The van der Waals surface area contributed by atoms with Crippen LogP contribution in [0.3, 0.4) is 0 Å². The van der Waals surface area contributed by atoms with Gasteiger partial charge in [0.25, 0.3) is 0 Å². The zero-order valence-electron chi connectivity index (χ0n) is 9.78.